The Morgan fingerprint density at radius 2 is 1.50 bits per heavy atom. The Hall–Kier alpha value is -0.670. The van der Waals surface area contributed by atoms with E-state index in [4.69, 9.17) is 0 Å². The van der Waals surface area contributed by atoms with Gasteiger partial charge in [-0.1, -0.05) is 0 Å². The van der Waals surface area contributed by atoms with Crippen LogP contribution >= 0.6 is 36.2 Å². The van der Waals surface area contributed by atoms with Gasteiger partial charge in [0.2, 0.25) is 23.6 Å². The predicted molar refractivity (Wildman–Crippen MR) is 97.2 cm³/mol. The number of carbonyl (C=O) groups is 4. The van der Waals surface area contributed by atoms with Crippen LogP contribution < -0.4 is 0 Å². The van der Waals surface area contributed by atoms with Gasteiger partial charge in [0.25, 0.3) is 0 Å². The van der Waals surface area contributed by atoms with Gasteiger partial charge in [-0.25, -0.2) is 0 Å². The monoisotopic (exact) mass is 388 g/mol. The van der Waals surface area contributed by atoms with E-state index in [2.05, 4.69) is 12.6 Å². The van der Waals surface area contributed by atoms with E-state index >= 15 is 0 Å². The van der Waals surface area contributed by atoms with E-state index in [0.717, 1.165) is 12.8 Å². The van der Waals surface area contributed by atoms with Gasteiger partial charge in [-0.15, -0.1) is 11.8 Å². The van der Waals surface area contributed by atoms with E-state index in [1.807, 2.05) is 0 Å². The summed E-state index contributed by atoms with van der Waals surface area (Å²) in [7, 11) is 0. The molecule has 2 saturated heterocycles. The Morgan fingerprint density at radius 1 is 0.958 bits per heavy atom. The maximum atomic E-state index is 12.5. The fraction of sp³-hybridized carbons (Fsp3) is 0.733. The van der Waals surface area contributed by atoms with Crippen molar-refractivity contribution in [2.75, 3.05) is 19.3 Å². The van der Waals surface area contributed by atoms with Crippen molar-refractivity contribution in [3.8, 4) is 0 Å². The van der Waals surface area contributed by atoms with Crippen LogP contribution in [0.25, 0.3) is 0 Å². The minimum atomic E-state index is -0.346. The van der Waals surface area contributed by atoms with Crippen LogP contribution in [-0.2, 0) is 19.2 Å². The molecule has 3 rings (SSSR count). The third-order valence-electron chi connectivity index (χ3n) is 4.75. The number of nitrogens with zero attached hydrogens (tertiary/aromatic N) is 2. The molecule has 2 heterocycles. The quantitative estimate of drug-likeness (QED) is 0.536. The molecule has 6 nitrogen and oxygen atoms in total. The lowest BCUT2D eigenvalue weighted by Gasteiger charge is -2.33. The molecule has 0 spiro atoms. The van der Waals surface area contributed by atoms with E-state index in [-0.39, 0.29) is 60.1 Å². The van der Waals surface area contributed by atoms with E-state index in [1.165, 1.54) is 21.6 Å². The molecule has 1 aliphatic carbocycles. The fourth-order valence-electron chi connectivity index (χ4n) is 3.09. The second-order valence-corrected chi connectivity index (χ2v) is 9.36. The summed E-state index contributed by atoms with van der Waals surface area (Å²) in [4.78, 5) is 51.0. The first-order valence-electron chi connectivity index (χ1n) is 7.97. The van der Waals surface area contributed by atoms with Gasteiger partial charge in [0.05, 0.1) is 10.5 Å². The number of carbonyl (C=O) groups excluding carboxylic acids is 4. The highest BCUT2D eigenvalue weighted by molar-refractivity contribution is 8.02. The molecule has 0 aromatic heterocycles. The molecule has 1 saturated carbocycles. The molecule has 24 heavy (non-hydrogen) atoms. The molecule has 9 heteroatoms. The lowest BCUT2D eigenvalue weighted by molar-refractivity contribution is -0.143. The molecular formula is C15H20N2O4S3. The minimum Gasteiger partial charge on any atom is -0.280 e. The van der Waals surface area contributed by atoms with Gasteiger partial charge in [0.15, 0.2) is 0 Å². The minimum absolute atomic E-state index is 0.0994. The summed E-state index contributed by atoms with van der Waals surface area (Å²) in [6, 6.07) is 0. The lowest BCUT2D eigenvalue weighted by atomic mass is 9.99. The smallest absolute Gasteiger partial charge is 0.242 e. The van der Waals surface area contributed by atoms with Gasteiger partial charge in [-0.05, 0) is 19.1 Å². The topological polar surface area (TPSA) is 74.8 Å². The van der Waals surface area contributed by atoms with Crippen molar-refractivity contribution in [2.45, 2.75) is 46.7 Å². The number of hydrogen-bond donors (Lipinski definition) is 1. The first kappa shape index (κ1) is 18.1. The molecule has 132 valence electrons. The third kappa shape index (κ3) is 3.35. The van der Waals surface area contributed by atoms with Gasteiger partial charge in [-0.2, -0.15) is 24.4 Å². The predicted octanol–water partition coefficient (Wildman–Crippen LogP) is 0.798. The fourth-order valence-corrected chi connectivity index (χ4v) is 5.73. The van der Waals surface area contributed by atoms with Gasteiger partial charge in [0, 0.05) is 36.4 Å². The van der Waals surface area contributed by atoms with Crippen LogP contribution in [0.4, 0.5) is 0 Å². The van der Waals surface area contributed by atoms with Crippen molar-refractivity contribution in [1.82, 2.24) is 9.80 Å². The van der Waals surface area contributed by atoms with E-state index in [9.17, 15) is 19.2 Å². The van der Waals surface area contributed by atoms with Crippen molar-refractivity contribution in [3.05, 3.63) is 0 Å². The molecule has 0 N–H and O–H groups in total. The van der Waals surface area contributed by atoms with Gasteiger partial charge < -0.3 is 0 Å². The molecule has 0 aromatic rings. The first-order chi connectivity index (χ1) is 11.4. The zero-order valence-corrected chi connectivity index (χ0v) is 15.9. The highest BCUT2D eigenvalue weighted by atomic mass is 32.2. The Labute approximate surface area is 154 Å². The first-order valence-corrected chi connectivity index (χ1v) is 10.7. The van der Waals surface area contributed by atoms with E-state index in [0.29, 0.717) is 10.5 Å². The molecule has 0 radical (unpaired) electrons. The summed E-state index contributed by atoms with van der Waals surface area (Å²) in [6.45, 7) is 0.199. The summed E-state index contributed by atoms with van der Waals surface area (Å²) in [6.07, 6.45) is 4.28. The number of likely N-dealkylation sites (tertiary alicyclic amines) is 2. The van der Waals surface area contributed by atoms with Crippen LogP contribution in [0.5, 0.6) is 0 Å². The van der Waals surface area contributed by atoms with Crippen LogP contribution in [0, 0.1) is 0 Å². The summed E-state index contributed by atoms with van der Waals surface area (Å²) in [5.74, 6) is -0.854. The van der Waals surface area contributed by atoms with Crippen LogP contribution in [0.1, 0.15) is 25.7 Å². The SMILES string of the molecule is CSC1CC(=O)N(CCN2C(=O)CC(SC3CCC3S)C2=O)C1=O. The van der Waals surface area contributed by atoms with Crippen LogP contribution in [-0.4, -0.2) is 73.8 Å². The van der Waals surface area contributed by atoms with Crippen LogP contribution in [0.2, 0.25) is 0 Å². The van der Waals surface area contributed by atoms with Crippen LogP contribution in [0.3, 0.4) is 0 Å². The highest BCUT2D eigenvalue weighted by Crippen LogP contribution is 2.40. The number of amides is 4. The highest BCUT2D eigenvalue weighted by Gasteiger charge is 2.44. The maximum absolute atomic E-state index is 12.5. The molecule has 2 aliphatic heterocycles. The molecule has 4 unspecified atom stereocenters. The molecule has 3 fully saturated rings. The summed E-state index contributed by atoms with van der Waals surface area (Å²) < 4.78 is 0. The number of hydrogen-bond acceptors (Lipinski definition) is 7. The molecule has 0 bridgehead atoms. The zero-order valence-electron chi connectivity index (χ0n) is 13.3. The Bertz CT molecular complexity index is 585. The number of thioether (sulfide) groups is 2. The van der Waals surface area contributed by atoms with Gasteiger partial charge in [0.1, 0.15) is 0 Å². The number of rotatable bonds is 6. The van der Waals surface area contributed by atoms with Crippen molar-refractivity contribution in [3.63, 3.8) is 0 Å². The average Bonchev–Trinajstić information content (AvgIpc) is 2.98. The van der Waals surface area contributed by atoms with E-state index in [1.54, 1.807) is 18.0 Å². The molecule has 4 atom stereocenters. The molecule has 4 amide bonds. The maximum Gasteiger partial charge on any atom is 0.242 e. The summed E-state index contributed by atoms with van der Waals surface area (Å²) >= 11 is 7.35. The normalized spacial score (nSPS) is 33.6. The second kappa shape index (κ2) is 7.29. The largest absolute Gasteiger partial charge is 0.280 e. The Balaban J connectivity index is 1.55. The molecule has 3 aliphatic rings. The lowest BCUT2D eigenvalue weighted by Crippen LogP contribution is -2.42. The summed E-state index contributed by atoms with van der Waals surface area (Å²) in [5, 5.41) is -0.0486. The Kier molecular flexibility index (Phi) is 5.51. The number of imide groups is 2. The van der Waals surface area contributed by atoms with Crippen molar-refractivity contribution in [2.24, 2.45) is 0 Å². The Morgan fingerprint density at radius 3 is 1.92 bits per heavy atom. The van der Waals surface area contributed by atoms with Crippen molar-refractivity contribution in [1.29, 1.82) is 0 Å². The summed E-state index contributed by atoms with van der Waals surface area (Å²) in [5.41, 5.74) is 0. The van der Waals surface area contributed by atoms with Gasteiger partial charge in [-0.3, -0.25) is 29.0 Å². The van der Waals surface area contributed by atoms with Crippen LogP contribution in [0.15, 0.2) is 0 Å². The average molecular weight is 389 g/mol. The zero-order chi connectivity index (χ0) is 17.4. The molecule has 0 aromatic carbocycles. The van der Waals surface area contributed by atoms with Gasteiger partial charge >= 0.3 is 0 Å². The van der Waals surface area contributed by atoms with E-state index < -0.39 is 0 Å². The second-order valence-electron chi connectivity index (χ2n) is 6.21. The van der Waals surface area contributed by atoms with Crippen molar-refractivity contribution >= 4 is 59.8 Å². The third-order valence-corrected chi connectivity index (χ3v) is 8.12. The molecular weight excluding hydrogens is 368 g/mol. The standard InChI is InChI=1S/C15H20N2O4S3/c1-23-10-6-12(18)16(14(10)20)4-5-17-13(19)7-11(15(17)21)24-9-3-2-8(9)22/h8-11,22H,2-7H2,1H3. The van der Waals surface area contributed by atoms with Crippen molar-refractivity contribution < 1.29 is 19.2 Å². The number of thiol groups is 1.